The van der Waals surface area contributed by atoms with E-state index in [-0.39, 0.29) is 12.5 Å². The second-order valence-electron chi connectivity index (χ2n) is 6.99. The van der Waals surface area contributed by atoms with Crippen molar-refractivity contribution in [2.75, 3.05) is 11.9 Å². The fourth-order valence-corrected chi connectivity index (χ4v) is 4.23. The van der Waals surface area contributed by atoms with E-state index in [0.717, 1.165) is 43.3 Å². The lowest BCUT2D eigenvalue weighted by Crippen LogP contribution is -2.20. The topological polar surface area (TPSA) is 64.1 Å². The van der Waals surface area contributed by atoms with Crippen LogP contribution in [-0.2, 0) is 4.79 Å². The molecule has 5 nitrogen and oxygen atoms in total. The van der Waals surface area contributed by atoms with Crippen LogP contribution in [0.1, 0.15) is 16.7 Å². The number of anilines is 1. The zero-order valence-corrected chi connectivity index (χ0v) is 17.3. The van der Waals surface area contributed by atoms with Crippen molar-refractivity contribution in [2.24, 2.45) is 0 Å². The van der Waals surface area contributed by atoms with Gasteiger partial charge in [-0.2, -0.15) is 0 Å². The van der Waals surface area contributed by atoms with Crippen LogP contribution in [0.25, 0.3) is 20.9 Å². The summed E-state index contributed by atoms with van der Waals surface area (Å²) in [6, 6.07) is 15.6. The number of thiazole rings is 1. The minimum absolute atomic E-state index is 0.0440. The molecule has 0 saturated heterocycles. The fourth-order valence-electron chi connectivity index (χ4n) is 3.24. The summed E-state index contributed by atoms with van der Waals surface area (Å²) in [7, 11) is 0. The van der Waals surface area contributed by atoms with Gasteiger partial charge in [0.15, 0.2) is 6.61 Å². The van der Waals surface area contributed by atoms with E-state index in [2.05, 4.69) is 21.4 Å². The molecule has 2 heterocycles. The van der Waals surface area contributed by atoms with E-state index < -0.39 is 0 Å². The van der Waals surface area contributed by atoms with Crippen LogP contribution in [0.4, 0.5) is 5.69 Å². The summed E-state index contributed by atoms with van der Waals surface area (Å²) in [6.07, 6.45) is 1.77. The van der Waals surface area contributed by atoms with Crippen molar-refractivity contribution in [3.05, 3.63) is 71.4 Å². The highest BCUT2D eigenvalue weighted by atomic mass is 32.1. The predicted octanol–water partition coefficient (Wildman–Crippen LogP) is 5.30. The highest BCUT2D eigenvalue weighted by Crippen LogP contribution is 2.33. The molecule has 0 aliphatic carbocycles. The number of rotatable bonds is 5. The fraction of sp³-hybridized carbons (Fsp3) is 0.174. The zero-order valence-electron chi connectivity index (χ0n) is 16.5. The molecule has 0 radical (unpaired) electrons. The Labute approximate surface area is 173 Å². The summed E-state index contributed by atoms with van der Waals surface area (Å²) in [5, 5.41) is 3.84. The first-order valence-electron chi connectivity index (χ1n) is 9.32. The Kier molecular flexibility index (Phi) is 5.27. The van der Waals surface area contributed by atoms with Gasteiger partial charge in [-0.15, -0.1) is 0 Å². The van der Waals surface area contributed by atoms with Gasteiger partial charge in [0.2, 0.25) is 0 Å². The summed E-state index contributed by atoms with van der Waals surface area (Å²) in [5.41, 5.74) is 5.79. The van der Waals surface area contributed by atoms with Gasteiger partial charge in [-0.05, 0) is 67.8 Å². The maximum atomic E-state index is 12.4. The number of fused-ring (bicyclic) bond motifs is 1. The molecule has 4 rings (SSSR count). The number of hydrogen-bond acceptors (Lipinski definition) is 5. The average Bonchev–Trinajstić information content (AvgIpc) is 3.11. The molecule has 0 bridgehead atoms. The van der Waals surface area contributed by atoms with Crippen LogP contribution in [0.3, 0.4) is 0 Å². The number of carbonyl (C=O) groups is 1. The molecule has 146 valence electrons. The van der Waals surface area contributed by atoms with Crippen molar-refractivity contribution in [3.63, 3.8) is 0 Å². The molecule has 2 aromatic heterocycles. The first kappa shape index (κ1) is 19.1. The number of aryl methyl sites for hydroxylation is 2. The minimum Gasteiger partial charge on any atom is -0.484 e. The van der Waals surface area contributed by atoms with Crippen LogP contribution in [0, 0.1) is 20.8 Å². The van der Waals surface area contributed by atoms with Crippen molar-refractivity contribution in [3.8, 4) is 16.3 Å². The van der Waals surface area contributed by atoms with Gasteiger partial charge in [0.25, 0.3) is 5.91 Å². The van der Waals surface area contributed by atoms with Gasteiger partial charge in [-0.3, -0.25) is 4.79 Å². The van der Waals surface area contributed by atoms with E-state index in [1.54, 1.807) is 17.5 Å². The number of hydrogen-bond donors (Lipinski definition) is 1. The van der Waals surface area contributed by atoms with Crippen LogP contribution in [0.2, 0.25) is 0 Å². The average molecular weight is 404 g/mol. The van der Waals surface area contributed by atoms with Crippen LogP contribution < -0.4 is 10.1 Å². The smallest absolute Gasteiger partial charge is 0.262 e. The first-order chi connectivity index (χ1) is 14.0. The van der Waals surface area contributed by atoms with Crippen molar-refractivity contribution in [2.45, 2.75) is 20.8 Å². The molecular weight excluding hydrogens is 382 g/mol. The predicted molar refractivity (Wildman–Crippen MR) is 118 cm³/mol. The van der Waals surface area contributed by atoms with Crippen LogP contribution in [0.15, 0.2) is 54.7 Å². The third-order valence-electron chi connectivity index (χ3n) is 4.57. The number of nitrogens with zero attached hydrogens (tertiary/aromatic N) is 2. The molecule has 0 atom stereocenters. The van der Waals surface area contributed by atoms with E-state index in [1.165, 1.54) is 0 Å². The first-order valence-corrected chi connectivity index (χ1v) is 10.1. The molecule has 0 aliphatic rings. The van der Waals surface area contributed by atoms with Crippen LogP contribution in [-0.4, -0.2) is 22.5 Å². The van der Waals surface area contributed by atoms with Gasteiger partial charge in [0.05, 0.1) is 0 Å². The Bertz CT molecular complexity index is 1150. The van der Waals surface area contributed by atoms with Crippen molar-refractivity contribution in [1.29, 1.82) is 0 Å². The summed E-state index contributed by atoms with van der Waals surface area (Å²) >= 11 is 1.54. The molecule has 2 aromatic carbocycles. The number of carbonyl (C=O) groups excluding carboxylic acids is 1. The Morgan fingerprint density at radius 3 is 2.62 bits per heavy atom. The van der Waals surface area contributed by atoms with Gasteiger partial charge < -0.3 is 10.1 Å². The molecular formula is C23H21N3O2S. The maximum absolute atomic E-state index is 12.4. The highest BCUT2D eigenvalue weighted by molar-refractivity contribution is 7.21. The molecule has 6 heteroatoms. The molecule has 0 unspecified atom stereocenters. The maximum Gasteiger partial charge on any atom is 0.262 e. The van der Waals surface area contributed by atoms with Crippen LogP contribution >= 0.6 is 11.3 Å². The van der Waals surface area contributed by atoms with E-state index in [4.69, 9.17) is 4.74 Å². The molecule has 4 aromatic rings. The lowest BCUT2D eigenvalue weighted by Gasteiger charge is -2.12. The van der Waals surface area contributed by atoms with Gasteiger partial charge in [0.1, 0.15) is 21.1 Å². The summed E-state index contributed by atoms with van der Waals surface area (Å²) in [5.74, 6) is 0.500. The molecule has 29 heavy (non-hydrogen) atoms. The SMILES string of the molecule is Cc1cc(C)cc(OCC(=O)Nc2cccc(-c3nc4cccnc4s3)c2C)c1. The number of aromatic nitrogens is 2. The van der Waals surface area contributed by atoms with E-state index in [9.17, 15) is 4.79 Å². The molecule has 0 fully saturated rings. The number of nitrogens with one attached hydrogen (secondary N) is 1. The van der Waals surface area contributed by atoms with E-state index in [0.29, 0.717) is 5.75 Å². The molecule has 0 saturated carbocycles. The Balaban J connectivity index is 1.50. The van der Waals surface area contributed by atoms with E-state index >= 15 is 0 Å². The Morgan fingerprint density at radius 1 is 1.07 bits per heavy atom. The van der Waals surface area contributed by atoms with Crippen molar-refractivity contribution < 1.29 is 9.53 Å². The number of ether oxygens (including phenoxy) is 1. The molecule has 0 spiro atoms. The number of pyridine rings is 1. The van der Waals surface area contributed by atoms with Crippen molar-refractivity contribution in [1.82, 2.24) is 9.97 Å². The third-order valence-corrected chi connectivity index (χ3v) is 5.58. The summed E-state index contributed by atoms with van der Waals surface area (Å²) in [6.45, 7) is 5.95. The lowest BCUT2D eigenvalue weighted by molar-refractivity contribution is -0.118. The van der Waals surface area contributed by atoms with Gasteiger partial charge in [0, 0.05) is 17.4 Å². The summed E-state index contributed by atoms with van der Waals surface area (Å²) in [4.78, 5) is 22.4. The second kappa shape index (κ2) is 8.01. The molecule has 0 aliphatic heterocycles. The third kappa shape index (κ3) is 4.27. The summed E-state index contributed by atoms with van der Waals surface area (Å²) < 4.78 is 5.67. The second-order valence-corrected chi connectivity index (χ2v) is 7.96. The van der Waals surface area contributed by atoms with E-state index in [1.807, 2.05) is 63.2 Å². The normalized spacial score (nSPS) is 10.9. The van der Waals surface area contributed by atoms with Gasteiger partial charge in [-0.1, -0.05) is 29.5 Å². The highest BCUT2D eigenvalue weighted by Gasteiger charge is 2.13. The zero-order chi connectivity index (χ0) is 20.4. The molecule has 1 N–H and O–H groups in total. The number of amides is 1. The van der Waals surface area contributed by atoms with Gasteiger partial charge >= 0.3 is 0 Å². The minimum atomic E-state index is -0.199. The monoisotopic (exact) mass is 403 g/mol. The molecule has 1 amide bonds. The Hall–Kier alpha value is -3.25. The van der Waals surface area contributed by atoms with Gasteiger partial charge in [-0.25, -0.2) is 9.97 Å². The standard InChI is InChI=1S/C23H21N3O2S/c1-14-10-15(2)12-17(11-14)28-13-21(27)25-19-7-4-6-18(16(19)3)22-26-20-8-5-9-24-23(20)29-22/h4-12H,13H2,1-3H3,(H,25,27). The lowest BCUT2D eigenvalue weighted by atomic mass is 10.1. The van der Waals surface area contributed by atoms with Crippen molar-refractivity contribution >= 4 is 33.3 Å². The largest absolute Gasteiger partial charge is 0.484 e. The van der Waals surface area contributed by atoms with Crippen LogP contribution in [0.5, 0.6) is 5.75 Å². The number of benzene rings is 2. The Morgan fingerprint density at radius 2 is 1.86 bits per heavy atom. The quantitative estimate of drug-likeness (QED) is 0.491.